The molecule has 0 unspecified atom stereocenters. The minimum atomic E-state index is -8.04. The molecular weight excluding hydrogens is 452 g/mol. The van der Waals surface area contributed by atoms with Gasteiger partial charge in [-0.2, -0.15) is 84.3 Å². The molecule has 0 fully saturated rings. The highest BCUT2D eigenvalue weighted by Crippen LogP contribution is 2.56. The average Bonchev–Trinajstić information content (AvgIpc) is 2.33. The molecule has 0 aliphatic rings. The largest absolute Gasteiger partial charge is 0.460 e. The normalized spacial score (nSPS) is 16.7. The lowest BCUT2D eigenvalue weighted by atomic mass is 10.1. The lowest BCUT2D eigenvalue weighted by Gasteiger charge is -2.39. The number of hydrogen-bond donors (Lipinski definition) is 1. The van der Waals surface area contributed by atoms with Crippen LogP contribution in [-0.4, -0.2) is 48.1 Å². The molecule has 19 heteroatoms. The van der Waals surface area contributed by atoms with Crippen LogP contribution in [0.3, 0.4) is 0 Å². The Morgan fingerprint density at radius 2 is 0.481 bits per heavy atom. The monoisotopic (exact) mass is 453 g/mol. The van der Waals surface area contributed by atoms with E-state index in [9.17, 15) is 79.0 Å². The summed E-state index contributed by atoms with van der Waals surface area (Å²) in [7, 11) is 0. The highest BCUT2D eigenvalue weighted by atomic mass is 19.4. The lowest BCUT2D eigenvalue weighted by molar-refractivity contribution is -0.432. The molecule has 1 N–H and O–H groups in total. The minimum Gasteiger partial charge on any atom is -0.191 e. The molecule has 1 nitrogen and oxygen atoms in total. The van der Waals surface area contributed by atoms with Gasteiger partial charge in [0, 0.05) is 0 Å². The van der Waals surface area contributed by atoms with Gasteiger partial charge in [-0.25, -0.2) is 0 Å². The fraction of sp³-hybridized carbons (Fsp3) is 1.00. The van der Waals surface area contributed by atoms with Gasteiger partial charge in [-0.1, -0.05) is 0 Å². The summed E-state index contributed by atoms with van der Waals surface area (Å²) in [6.07, 6.45) is -15.2. The summed E-state index contributed by atoms with van der Waals surface area (Å²) in [5, 5.41) is -1.96. The summed E-state index contributed by atoms with van der Waals surface area (Å²) >= 11 is 0. The summed E-state index contributed by atoms with van der Waals surface area (Å²) in [5.41, 5.74) is 0. The number of nitrogens with one attached hydrogen (secondary N) is 1. The SMILES string of the molecule is FC(F)(F)C(F)(F)C(F)(F)C(F)(F)NC(F)(F)C(F)(F)C(F)(F)C(F)(F)F. The third kappa shape index (κ3) is 3.69. The van der Waals surface area contributed by atoms with Gasteiger partial charge in [0.05, 0.1) is 0 Å². The van der Waals surface area contributed by atoms with Gasteiger partial charge in [-0.3, -0.25) is 0 Å². The first-order valence-electron chi connectivity index (χ1n) is 5.40. The molecule has 27 heavy (non-hydrogen) atoms. The van der Waals surface area contributed by atoms with Crippen molar-refractivity contribution in [2.75, 3.05) is 0 Å². The molecule has 0 aromatic rings. The predicted octanol–water partition coefficient (Wildman–Crippen LogP) is 5.43. The Morgan fingerprint density at radius 3 is 0.630 bits per heavy atom. The molecule has 0 bridgehead atoms. The van der Waals surface area contributed by atoms with Crippen molar-refractivity contribution < 1.29 is 79.0 Å². The maximum absolute atomic E-state index is 12.8. The van der Waals surface area contributed by atoms with E-state index in [0.717, 1.165) is 0 Å². The minimum absolute atomic E-state index is 1.96. The van der Waals surface area contributed by atoms with E-state index >= 15 is 0 Å². The van der Waals surface area contributed by atoms with Crippen molar-refractivity contribution in [2.24, 2.45) is 0 Å². The van der Waals surface area contributed by atoms with Gasteiger partial charge in [-0.15, -0.1) is 0 Å². The van der Waals surface area contributed by atoms with Crippen LogP contribution in [-0.2, 0) is 0 Å². The van der Waals surface area contributed by atoms with E-state index in [1.54, 1.807) is 0 Å². The Balaban J connectivity index is 6.19. The van der Waals surface area contributed by atoms with E-state index in [4.69, 9.17) is 0 Å². The average molecular weight is 453 g/mol. The van der Waals surface area contributed by atoms with Gasteiger partial charge in [-0.05, 0) is 0 Å². The van der Waals surface area contributed by atoms with E-state index in [-0.39, 0.29) is 0 Å². The van der Waals surface area contributed by atoms with Crippen LogP contribution in [0.5, 0.6) is 0 Å². The fourth-order valence-corrected chi connectivity index (χ4v) is 1.10. The Kier molecular flexibility index (Phi) is 5.80. The van der Waals surface area contributed by atoms with Crippen molar-refractivity contribution in [2.45, 2.75) is 48.1 Å². The number of rotatable bonds is 6. The molecule has 0 saturated carbocycles. The van der Waals surface area contributed by atoms with Crippen molar-refractivity contribution in [3.63, 3.8) is 0 Å². The second-order valence-corrected chi connectivity index (χ2v) is 4.57. The molecule has 0 rings (SSSR count). The van der Waals surface area contributed by atoms with Crippen molar-refractivity contribution in [3.05, 3.63) is 0 Å². The van der Waals surface area contributed by atoms with Crippen LogP contribution in [0.25, 0.3) is 0 Å². The zero-order valence-electron chi connectivity index (χ0n) is 11.3. The van der Waals surface area contributed by atoms with Crippen molar-refractivity contribution in [1.82, 2.24) is 5.32 Å². The van der Waals surface area contributed by atoms with Gasteiger partial charge in [0.25, 0.3) is 0 Å². The number of halogens is 18. The molecule has 0 aliphatic heterocycles. The first kappa shape index (κ1) is 25.7. The maximum Gasteiger partial charge on any atom is 0.460 e. The molecule has 0 aromatic carbocycles. The lowest BCUT2D eigenvalue weighted by Crippen LogP contribution is -2.73. The Bertz CT molecular complexity index is 489. The second-order valence-electron chi connectivity index (χ2n) is 4.57. The van der Waals surface area contributed by atoms with Crippen molar-refractivity contribution in [1.29, 1.82) is 0 Å². The number of hydrogen-bond acceptors (Lipinski definition) is 1. The van der Waals surface area contributed by atoms with Crippen LogP contribution < -0.4 is 5.32 Å². The van der Waals surface area contributed by atoms with Crippen LogP contribution in [0.2, 0.25) is 0 Å². The Hall–Kier alpha value is -1.30. The highest BCUT2D eigenvalue weighted by molar-refractivity contribution is 5.05. The molecule has 0 radical (unpaired) electrons. The molecule has 0 amide bonds. The zero-order chi connectivity index (χ0) is 22.7. The van der Waals surface area contributed by atoms with Crippen molar-refractivity contribution >= 4 is 0 Å². The van der Waals surface area contributed by atoms with Gasteiger partial charge >= 0.3 is 48.1 Å². The molecule has 0 saturated heterocycles. The van der Waals surface area contributed by atoms with Crippen LogP contribution in [0.15, 0.2) is 0 Å². The van der Waals surface area contributed by atoms with E-state index in [1.165, 1.54) is 0 Å². The molecule has 0 heterocycles. The van der Waals surface area contributed by atoms with Gasteiger partial charge in [0.15, 0.2) is 0 Å². The molecule has 0 aliphatic carbocycles. The Morgan fingerprint density at radius 1 is 0.296 bits per heavy atom. The zero-order valence-corrected chi connectivity index (χ0v) is 11.3. The summed E-state index contributed by atoms with van der Waals surface area (Å²) in [6.45, 7) is 0. The van der Waals surface area contributed by atoms with Crippen LogP contribution in [0.1, 0.15) is 0 Å². The van der Waals surface area contributed by atoms with Gasteiger partial charge < -0.3 is 0 Å². The molecule has 0 aromatic heterocycles. The third-order valence-corrected chi connectivity index (χ3v) is 2.60. The first-order chi connectivity index (χ1) is 11.2. The van der Waals surface area contributed by atoms with Crippen molar-refractivity contribution in [3.8, 4) is 0 Å². The summed E-state index contributed by atoms with van der Waals surface area (Å²) in [5.74, 6) is -31.9. The smallest absolute Gasteiger partial charge is 0.191 e. The molecule has 164 valence electrons. The van der Waals surface area contributed by atoms with Crippen LogP contribution in [0, 0.1) is 0 Å². The van der Waals surface area contributed by atoms with E-state index in [1.807, 2.05) is 0 Å². The fourth-order valence-electron chi connectivity index (χ4n) is 1.10. The molecule has 0 atom stereocenters. The molecular formula is C8HF18N. The number of alkyl halides is 18. The van der Waals surface area contributed by atoms with Crippen LogP contribution >= 0.6 is 0 Å². The van der Waals surface area contributed by atoms with Gasteiger partial charge in [0.1, 0.15) is 0 Å². The predicted molar refractivity (Wildman–Crippen MR) is 44.9 cm³/mol. The van der Waals surface area contributed by atoms with Crippen LogP contribution in [0.4, 0.5) is 79.0 Å². The summed E-state index contributed by atoms with van der Waals surface area (Å²) in [6, 6.07) is -15.5. The quantitative estimate of drug-likeness (QED) is 0.418. The highest BCUT2D eigenvalue weighted by Gasteiger charge is 2.87. The van der Waals surface area contributed by atoms with E-state index in [0.29, 0.717) is 0 Å². The summed E-state index contributed by atoms with van der Waals surface area (Å²) < 4.78 is 221. The molecule has 0 spiro atoms. The summed E-state index contributed by atoms with van der Waals surface area (Å²) in [4.78, 5) is 0. The standard InChI is InChI=1S/C8HF18N/c9-1(10,5(17,18)19)3(13,14)7(23,24)27-8(25,26)4(15,16)2(11,12)6(20,21)22/h27H. The van der Waals surface area contributed by atoms with Gasteiger partial charge in [0.2, 0.25) is 0 Å². The first-order valence-corrected chi connectivity index (χ1v) is 5.40. The van der Waals surface area contributed by atoms with E-state index < -0.39 is 53.5 Å². The van der Waals surface area contributed by atoms with E-state index in [2.05, 4.69) is 0 Å². The third-order valence-electron chi connectivity index (χ3n) is 2.60. The Labute approximate surface area is 134 Å². The second kappa shape index (κ2) is 6.10. The topological polar surface area (TPSA) is 12.0 Å². The maximum atomic E-state index is 12.8.